The van der Waals surface area contributed by atoms with Crippen LogP contribution in [-0.4, -0.2) is 65.7 Å². The fourth-order valence-corrected chi connectivity index (χ4v) is 6.23. The fourth-order valence-electron chi connectivity index (χ4n) is 5.44. The van der Waals surface area contributed by atoms with Crippen molar-refractivity contribution in [2.45, 2.75) is 180 Å². The summed E-state index contributed by atoms with van der Waals surface area (Å²) in [5, 5.41) is 18.3. The minimum atomic E-state index is -4.63. The third kappa shape index (κ3) is 39.7. The van der Waals surface area contributed by atoms with Gasteiger partial charge in [-0.3, -0.25) is 18.6 Å². The predicted molar refractivity (Wildman–Crippen MR) is 224 cm³/mol. The van der Waals surface area contributed by atoms with Crippen molar-refractivity contribution in [2.75, 3.05) is 26.4 Å². The largest absolute Gasteiger partial charge is 0.472 e. The Labute approximate surface area is 334 Å². The summed E-state index contributed by atoms with van der Waals surface area (Å²) in [6.07, 6.45) is 43.3. The van der Waals surface area contributed by atoms with Crippen molar-refractivity contribution in [3.8, 4) is 0 Å². The van der Waals surface area contributed by atoms with Crippen LogP contribution < -0.4 is 0 Å². The molecule has 0 bridgehead atoms. The molecular formula is C44H77O10P. The highest BCUT2D eigenvalue weighted by atomic mass is 31.2. The van der Waals surface area contributed by atoms with Crippen molar-refractivity contribution >= 4 is 19.8 Å². The van der Waals surface area contributed by atoms with Crippen molar-refractivity contribution in [1.29, 1.82) is 0 Å². The van der Waals surface area contributed by atoms with E-state index < -0.39 is 51.8 Å². The minimum Gasteiger partial charge on any atom is -0.462 e. The van der Waals surface area contributed by atoms with Gasteiger partial charge in [0.1, 0.15) is 12.7 Å². The molecule has 3 N–H and O–H groups in total. The quantitative estimate of drug-likeness (QED) is 0.0237. The van der Waals surface area contributed by atoms with Gasteiger partial charge in [0.25, 0.3) is 0 Å². The standard InChI is InChI=1S/C44H77O10P/c1-3-5-7-9-11-13-15-17-19-20-22-23-25-27-29-31-33-35-43(47)51-39-42(40-53-55(49,50)52-38-41(46)37-45)54-44(48)36-34-32-30-28-26-24-21-18-16-14-12-10-8-6-4-2/h5,7,11,13,17,19,22-23,27,29,41-42,45-46H,3-4,6,8-10,12,14-16,18,20-21,24-26,28,30-40H2,1-2H3,(H,49,50)/b7-5+,13-11+,19-17+,23-22+,29-27+/t41-,42+/m0/s1. The topological polar surface area (TPSA) is 149 Å². The molecule has 318 valence electrons. The summed E-state index contributed by atoms with van der Waals surface area (Å²) in [5.74, 6) is -0.993. The molecule has 1 unspecified atom stereocenters. The van der Waals surface area contributed by atoms with E-state index in [-0.39, 0.29) is 19.4 Å². The molecule has 11 heteroatoms. The molecule has 0 aromatic rings. The maximum Gasteiger partial charge on any atom is 0.472 e. The van der Waals surface area contributed by atoms with Crippen LogP contribution in [0.3, 0.4) is 0 Å². The van der Waals surface area contributed by atoms with Gasteiger partial charge < -0.3 is 24.6 Å². The molecule has 0 saturated carbocycles. The Morgan fingerprint density at radius 2 is 1.00 bits per heavy atom. The first-order valence-electron chi connectivity index (χ1n) is 21.2. The Hall–Kier alpha value is -2.33. The molecule has 0 aromatic carbocycles. The summed E-state index contributed by atoms with van der Waals surface area (Å²) in [4.78, 5) is 34.9. The highest BCUT2D eigenvalue weighted by Gasteiger charge is 2.27. The van der Waals surface area contributed by atoms with Crippen LogP contribution in [0.4, 0.5) is 0 Å². The van der Waals surface area contributed by atoms with Crippen molar-refractivity contribution in [3.05, 3.63) is 60.8 Å². The fraction of sp³-hybridized carbons (Fsp3) is 0.727. The van der Waals surface area contributed by atoms with Gasteiger partial charge in [-0.2, -0.15) is 0 Å². The van der Waals surface area contributed by atoms with Crippen LogP contribution in [0.5, 0.6) is 0 Å². The lowest BCUT2D eigenvalue weighted by molar-refractivity contribution is -0.161. The van der Waals surface area contributed by atoms with E-state index in [0.717, 1.165) is 51.4 Å². The zero-order valence-corrected chi connectivity index (χ0v) is 35.3. The third-order valence-corrected chi connectivity index (χ3v) is 9.64. The number of hydrogen-bond acceptors (Lipinski definition) is 9. The Morgan fingerprint density at radius 1 is 0.564 bits per heavy atom. The molecular weight excluding hydrogens is 719 g/mol. The van der Waals surface area contributed by atoms with Gasteiger partial charge in [0.05, 0.1) is 19.8 Å². The van der Waals surface area contributed by atoms with Gasteiger partial charge >= 0.3 is 19.8 Å². The second kappa shape index (κ2) is 39.9. The summed E-state index contributed by atoms with van der Waals surface area (Å²) >= 11 is 0. The zero-order chi connectivity index (χ0) is 40.5. The highest BCUT2D eigenvalue weighted by molar-refractivity contribution is 7.47. The van der Waals surface area contributed by atoms with E-state index in [1.54, 1.807) is 0 Å². The van der Waals surface area contributed by atoms with E-state index in [2.05, 4.69) is 73.1 Å². The molecule has 0 heterocycles. The van der Waals surface area contributed by atoms with Crippen LogP contribution in [0.25, 0.3) is 0 Å². The van der Waals surface area contributed by atoms with E-state index in [9.17, 15) is 24.2 Å². The molecule has 10 nitrogen and oxygen atoms in total. The van der Waals surface area contributed by atoms with Gasteiger partial charge in [-0.25, -0.2) is 4.57 Å². The molecule has 0 saturated heterocycles. The number of unbranched alkanes of at least 4 members (excludes halogenated alkanes) is 15. The van der Waals surface area contributed by atoms with E-state index >= 15 is 0 Å². The van der Waals surface area contributed by atoms with Crippen LogP contribution in [-0.2, 0) is 32.7 Å². The maximum absolute atomic E-state index is 12.6. The first kappa shape index (κ1) is 52.7. The number of rotatable bonds is 39. The number of allylic oxidation sites excluding steroid dienone is 10. The first-order chi connectivity index (χ1) is 26.7. The average molecular weight is 797 g/mol. The first-order valence-corrected chi connectivity index (χ1v) is 22.7. The Kier molecular flexibility index (Phi) is 38.2. The summed E-state index contributed by atoms with van der Waals surface area (Å²) in [7, 11) is -4.63. The number of aliphatic hydroxyl groups excluding tert-OH is 2. The lowest BCUT2D eigenvalue weighted by Gasteiger charge is -2.20. The lowest BCUT2D eigenvalue weighted by atomic mass is 10.0. The van der Waals surface area contributed by atoms with E-state index in [0.29, 0.717) is 19.3 Å². The summed E-state index contributed by atoms with van der Waals surface area (Å²) in [5.41, 5.74) is 0. The van der Waals surface area contributed by atoms with Crippen LogP contribution in [0, 0.1) is 0 Å². The summed E-state index contributed by atoms with van der Waals surface area (Å²) in [6, 6.07) is 0. The van der Waals surface area contributed by atoms with Gasteiger partial charge in [-0.05, 0) is 51.4 Å². The molecule has 0 aliphatic rings. The molecule has 3 atom stereocenters. The number of carbonyl (C=O) groups is 2. The van der Waals surface area contributed by atoms with E-state index in [4.69, 9.17) is 19.1 Å². The Balaban J connectivity index is 4.40. The van der Waals surface area contributed by atoms with Crippen molar-refractivity contribution in [2.24, 2.45) is 0 Å². The molecule has 0 spiro atoms. The molecule has 0 amide bonds. The van der Waals surface area contributed by atoms with Crippen LogP contribution in [0.15, 0.2) is 60.8 Å². The molecule has 0 aromatic heterocycles. The van der Waals surface area contributed by atoms with E-state index in [1.165, 1.54) is 70.6 Å². The average Bonchev–Trinajstić information content (AvgIpc) is 3.17. The molecule has 0 aliphatic carbocycles. The SMILES string of the molecule is CC/C=C/C/C=C/C/C=C/C/C=C/C/C=C/CCCC(=O)OC[C@H](COP(=O)(O)OC[C@@H](O)CO)OC(=O)CCCCCCCCCCCCCCCCC. The minimum absolute atomic E-state index is 0.162. The van der Waals surface area contributed by atoms with Crippen LogP contribution >= 0.6 is 7.82 Å². The van der Waals surface area contributed by atoms with Gasteiger partial charge in [0.15, 0.2) is 6.10 Å². The third-order valence-electron chi connectivity index (χ3n) is 8.69. The van der Waals surface area contributed by atoms with Crippen LogP contribution in [0.2, 0.25) is 0 Å². The van der Waals surface area contributed by atoms with Gasteiger partial charge in [-0.1, -0.05) is 164 Å². The molecule has 0 radical (unpaired) electrons. The smallest absolute Gasteiger partial charge is 0.462 e. The normalized spacial score (nSPS) is 14.5. The number of aliphatic hydroxyl groups is 2. The van der Waals surface area contributed by atoms with Crippen LogP contribution in [0.1, 0.15) is 168 Å². The van der Waals surface area contributed by atoms with Gasteiger partial charge in [0, 0.05) is 12.8 Å². The number of hydrogen-bond donors (Lipinski definition) is 3. The molecule has 0 rings (SSSR count). The number of phosphoric acid groups is 1. The number of phosphoric ester groups is 1. The van der Waals surface area contributed by atoms with Crippen molar-refractivity contribution in [1.82, 2.24) is 0 Å². The Bertz CT molecular complexity index is 1100. The number of ether oxygens (including phenoxy) is 2. The van der Waals surface area contributed by atoms with Crippen molar-refractivity contribution in [3.63, 3.8) is 0 Å². The van der Waals surface area contributed by atoms with Gasteiger partial charge in [-0.15, -0.1) is 0 Å². The predicted octanol–water partition coefficient (Wildman–Crippen LogP) is 11.1. The zero-order valence-electron chi connectivity index (χ0n) is 34.4. The second-order valence-electron chi connectivity index (χ2n) is 14.0. The maximum atomic E-state index is 12.6. The Morgan fingerprint density at radius 3 is 1.49 bits per heavy atom. The monoisotopic (exact) mass is 797 g/mol. The number of esters is 2. The highest BCUT2D eigenvalue weighted by Crippen LogP contribution is 2.43. The van der Waals surface area contributed by atoms with Gasteiger partial charge in [0.2, 0.25) is 0 Å². The number of carbonyl (C=O) groups excluding carboxylic acids is 2. The molecule has 0 fully saturated rings. The second-order valence-corrected chi connectivity index (χ2v) is 15.4. The summed E-state index contributed by atoms with van der Waals surface area (Å²) < 4.78 is 32.6. The molecule has 0 aliphatic heterocycles. The molecule has 55 heavy (non-hydrogen) atoms. The van der Waals surface area contributed by atoms with E-state index in [1.807, 2.05) is 6.08 Å². The lowest BCUT2D eigenvalue weighted by Crippen LogP contribution is -2.29. The summed E-state index contributed by atoms with van der Waals surface area (Å²) in [6.45, 7) is 2.20. The van der Waals surface area contributed by atoms with Crippen molar-refractivity contribution < 1.29 is 47.8 Å².